The minimum absolute atomic E-state index is 0.00773. The Kier molecular flexibility index (Phi) is 7.86. The van der Waals surface area contributed by atoms with E-state index in [4.69, 9.17) is 4.74 Å². The number of ether oxygens (including phenoxy) is 1. The van der Waals surface area contributed by atoms with Crippen molar-refractivity contribution in [3.63, 3.8) is 0 Å². The van der Waals surface area contributed by atoms with E-state index in [1.807, 2.05) is 42.5 Å². The zero-order valence-electron chi connectivity index (χ0n) is 15.5. The van der Waals surface area contributed by atoms with Crippen LogP contribution >= 0.6 is 47.8 Å². The molecule has 0 aliphatic rings. The van der Waals surface area contributed by atoms with Gasteiger partial charge in [0.05, 0.1) is 4.47 Å². The molecular weight excluding hydrogens is 576 g/mol. The summed E-state index contributed by atoms with van der Waals surface area (Å²) in [7, 11) is 0. The molecule has 1 N–H and O–H groups in total. The summed E-state index contributed by atoms with van der Waals surface area (Å²) in [4.78, 5) is 12.4. The van der Waals surface area contributed by atoms with Crippen LogP contribution in [0.5, 0.6) is 5.75 Å². The molecule has 7 heteroatoms. The average molecular weight is 591 g/mol. The van der Waals surface area contributed by atoms with Crippen LogP contribution in [0.1, 0.15) is 11.1 Å². The SMILES string of the molecule is N#C/C(=C/c1ccc(OCc2ccc(Br)cc2)c(Br)c1)C(=O)Nc1ccc(Br)cc1. The van der Waals surface area contributed by atoms with Crippen molar-refractivity contribution in [2.24, 2.45) is 0 Å². The number of rotatable bonds is 6. The number of amides is 1. The van der Waals surface area contributed by atoms with Gasteiger partial charge in [0, 0.05) is 14.6 Å². The molecule has 0 aliphatic heterocycles. The third-order valence-electron chi connectivity index (χ3n) is 4.04. The van der Waals surface area contributed by atoms with Crippen LogP contribution < -0.4 is 10.1 Å². The highest BCUT2D eigenvalue weighted by Gasteiger charge is 2.10. The molecule has 0 aromatic heterocycles. The lowest BCUT2D eigenvalue weighted by molar-refractivity contribution is -0.112. The van der Waals surface area contributed by atoms with Crippen LogP contribution in [0.4, 0.5) is 5.69 Å². The normalized spacial score (nSPS) is 10.9. The van der Waals surface area contributed by atoms with E-state index < -0.39 is 5.91 Å². The number of carbonyl (C=O) groups excluding carboxylic acids is 1. The fourth-order valence-corrected chi connectivity index (χ4v) is 3.55. The van der Waals surface area contributed by atoms with Gasteiger partial charge in [0.25, 0.3) is 5.91 Å². The average Bonchev–Trinajstić information content (AvgIpc) is 2.74. The molecule has 0 unspecified atom stereocenters. The maximum Gasteiger partial charge on any atom is 0.266 e. The van der Waals surface area contributed by atoms with Crippen LogP contribution in [-0.4, -0.2) is 5.91 Å². The first-order valence-electron chi connectivity index (χ1n) is 8.80. The number of halogens is 3. The molecule has 3 aromatic carbocycles. The van der Waals surface area contributed by atoms with Gasteiger partial charge in [0.15, 0.2) is 0 Å². The van der Waals surface area contributed by atoms with E-state index in [2.05, 4.69) is 53.1 Å². The second kappa shape index (κ2) is 10.6. The van der Waals surface area contributed by atoms with Crippen LogP contribution in [0.25, 0.3) is 6.08 Å². The number of nitriles is 1. The molecule has 1 amide bonds. The smallest absolute Gasteiger partial charge is 0.266 e. The summed E-state index contributed by atoms with van der Waals surface area (Å²) in [5, 5.41) is 12.1. The van der Waals surface area contributed by atoms with Crippen LogP contribution in [0.3, 0.4) is 0 Å². The maximum atomic E-state index is 12.4. The lowest BCUT2D eigenvalue weighted by Gasteiger charge is -2.09. The van der Waals surface area contributed by atoms with Gasteiger partial charge in [0.2, 0.25) is 0 Å². The molecule has 150 valence electrons. The number of hydrogen-bond donors (Lipinski definition) is 1. The van der Waals surface area contributed by atoms with Gasteiger partial charge in [-0.3, -0.25) is 4.79 Å². The molecule has 0 saturated carbocycles. The molecule has 4 nitrogen and oxygen atoms in total. The molecule has 3 aromatic rings. The highest BCUT2D eigenvalue weighted by Crippen LogP contribution is 2.28. The van der Waals surface area contributed by atoms with E-state index >= 15 is 0 Å². The first-order valence-corrected chi connectivity index (χ1v) is 11.2. The number of carbonyl (C=O) groups is 1. The van der Waals surface area contributed by atoms with E-state index in [1.165, 1.54) is 6.08 Å². The van der Waals surface area contributed by atoms with Gasteiger partial charge in [-0.1, -0.05) is 50.1 Å². The van der Waals surface area contributed by atoms with E-state index in [-0.39, 0.29) is 5.57 Å². The largest absolute Gasteiger partial charge is 0.488 e. The van der Waals surface area contributed by atoms with Crippen molar-refractivity contribution in [1.82, 2.24) is 0 Å². The Morgan fingerprint density at radius 1 is 0.967 bits per heavy atom. The van der Waals surface area contributed by atoms with Crippen LogP contribution in [-0.2, 0) is 11.4 Å². The second-order valence-electron chi connectivity index (χ2n) is 6.24. The van der Waals surface area contributed by atoms with Crippen molar-refractivity contribution in [2.45, 2.75) is 6.61 Å². The van der Waals surface area contributed by atoms with Crippen molar-refractivity contribution in [2.75, 3.05) is 5.32 Å². The van der Waals surface area contributed by atoms with Gasteiger partial charge in [-0.05, 0) is 81.7 Å². The highest BCUT2D eigenvalue weighted by atomic mass is 79.9. The highest BCUT2D eigenvalue weighted by molar-refractivity contribution is 9.11. The fourth-order valence-electron chi connectivity index (χ4n) is 2.51. The molecule has 30 heavy (non-hydrogen) atoms. The summed E-state index contributed by atoms with van der Waals surface area (Å²) in [6.45, 7) is 0.431. The van der Waals surface area contributed by atoms with Gasteiger partial charge in [-0.2, -0.15) is 5.26 Å². The fraction of sp³-hybridized carbons (Fsp3) is 0.0435. The molecule has 0 heterocycles. The van der Waals surface area contributed by atoms with E-state index in [0.29, 0.717) is 23.6 Å². The molecule has 3 rings (SSSR count). The predicted molar refractivity (Wildman–Crippen MR) is 129 cm³/mol. The number of benzene rings is 3. The van der Waals surface area contributed by atoms with Crippen molar-refractivity contribution >= 4 is 65.5 Å². The van der Waals surface area contributed by atoms with Crippen LogP contribution in [0.15, 0.2) is 85.7 Å². The van der Waals surface area contributed by atoms with Crippen molar-refractivity contribution in [3.05, 3.63) is 96.8 Å². The van der Waals surface area contributed by atoms with Gasteiger partial charge >= 0.3 is 0 Å². The van der Waals surface area contributed by atoms with Gasteiger partial charge < -0.3 is 10.1 Å². The standard InChI is InChI=1S/C23H15Br3N2O2/c24-18-4-1-15(2-5-18)14-30-22-10-3-16(12-21(22)26)11-17(13-27)23(29)28-20-8-6-19(25)7-9-20/h1-12H,14H2,(H,28,29)/b17-11-. The van der Waals surface area contributed by atoms with Gasteiger partial charge in [-0.15, -0.1) is 0 Å². The quantitative estimate of drug-likeness (QED) is 0.246. The molecule has 0 aliphatic carbocycles. The Balaban J connectivity index is 1.69. The number of nitrogens with zero attached hydrogens (tertiary/aromatic N) is 1. The summed E-state index contributed by atoms with van der Waals surface area (Å²) in [6, 6.07) is 22.4. The van der Waals surface area contributed by atoms with Crippen LogP contribution in [0.2, 0.25) is 0 Å². The number of nitrogens with one attached hydrogen (secondary N) is 1. The zero-order chi connectivity index (χ0) is 21.5. The molecular formula is C23H15Br3N2O2. The molecule has 0 spiro atoms. The lowest BCUT2D eigenvalue weighted by atomic mass is 10.1. The Bertz CT molecular complexity index is 1120. The summed E-state index contributed by atoms with van der Waals surface area (Å²) < 4.78 is 8.51. The third-order valence-corrected chi connectivity index (χ3v) is 5.72. The van der Waals surface area contributed by atoms with Crippen molar-refractivity contribution in [1.29, 1.82) is 5.26 Å². The van der Waals surface area contributed by atoms with Crippen molar-refractivity contribution in [3.8, 4) is 11.8 Å². The third kappa shape index (κ3) is 6.30. The Morgan fingerprint density at radius 2 is 1.60 bits per heavy atom. The molecule has 0 saturated heterocycles. The Labute approximate surface area is 200 Å². The Hall–Kier alpha value is -2.40. The van der Waals surface area contributed by atoms with Gasteiger partial charge in [0.1, 0.15) is 24.0 Å². The number of hydrogen-bond acceptors (Lipinski definition) is 3. The topological polar surface area (TPSA) is 62.1 Å². The minimum atomic E-state index is -0.466. The zero-order valence-corrected chi connectivity index (χ0v) is 20.3. The summed E-state index contributed by atoms with van der Waals surface area (Å²) in [5.74, 6) is 0.208. The molecule has 0 atom stereocenters. The predicted octanol–water partition coefficient (Wildman–Crippen LogP) is 7.10. The van der Waals surface area contributed by atoms with Crippen LogP contribution in [0, 0.1) is 11.3 Å². The van der Waals surface area contributed by atoms with E-state index in [0.717, 1.165) is 19.0 Å². The second-order valence-corrected chi connectivity index (χ2v) is 8.92. The summed E-state index contributed by atoms with van der Waals surface area (Å²) in [6.07, 6.45) is 1.54. The van der Waals surface area contributed by atoms with Crippen molar-refractivity contribution < 1.29 is 9.53 Å². The first-order chi connectivity index (χ1) is 14.4. The summed E-state index contributed by atoms with van der Waals surface area (Å²) in [5.41, 5.74) is 2.38. The lowest BCUT2D eigenvalue weighted by Crippen LogP contribution is -2.13. The Morgan fingerprint density at radius 3 is 2.20 bits per heavy atom. The first kappa shape index (κ1) is 22.3. The molecule has 0 fully saturated rings. The molecule has 0 bridgehead atoms. The molecule has 0 radical (unpaired) electrons. The maximum absolute atomic E-state index is 12.4. The van der Waals surface area contributed by atoms with E-state index in [9.17, 15) is 10.1 Å². The van der Waals surface area contributed by atoms with Gasteiger partial charge in [-0.25, -0.2) is 0 Å². The van der Waals surface area contributed by atoms with E-state index in [1.54, 1.807) is 30.3 Å². The minimum Gasteiger partial charge on any atom is -0.488 e. The summed E-state index contributed by atoms with van der Waals surface area (Å²) >= 11 is 10.2. The number of anilines is 1. The monoisotopic (exact) mass is 588 g/mol.